The molecule has 0 unspecified atom stereocenters. The molecule has 0 aliphatic heterocycles. The summed E-state index contributed by atoms with van der Waals surface area (Å²) in [6, 6.07) is 7.31. The SMILES string of the molecule is CNC(=S)Nc1ccc(C=Cc2ccc(NS(C)(=O)=O)cc2S(=O)(=O)O)c(S(=O)(=O)O)c1. The average molecular weight is 522 g/mol. The van der Waals surface area contributed by atoms with E-state index in [1.165, 1.54) is 36.4 Å². The molecule has 0 amide bonds. The van der Waals surface area contributed by atoms with E-state index >= 15 is 0 Å². The van der Waals surface area contributed by atoms with Crippen LogP contribution in [-0.2, 0) is 30.3 Å². The minimum Gasteiger partial charge on any atom is -0.366 e. The topological polar surface area (TPSA) is 179 Å². The van der Waals surface area contributed by atoms with Crippen molar-refractivity contribution >= 4 is 71.1 Å². The van der Waals surface area contributed by atoms with Gasteiger partial charge in [-0.05, 0) is 47.6 Å². The third-order valence-electron chi connectivity index (χ3n) is 3.81. The van der Waals surface area contributed by atoms with Crippen molar-refractivity contribution in [2.75, 3.05) is 23.3 Å². The third-order valence-corrected chi connectivity index (χ3v) is 6.54. The van der Waals surface area contributed by atoms with Crippen LogP contribution in [0.2, 0.25) is 0 Å². The second-order valence-corrected chi connectivity index (χ2v) is 11.3. The molecule has 2 aromatic carbocycles. The first-order valence-electron chi connectivity index (χ1n) is 8.48. The Morgan fingerprint density at radius 3 is 1.69 bits per heavy atom. The molecule has 0 aromatic heterocycles. The molecule has 0 saturated heterocycles. The summed E-state index contributed by atoms with van der Waals surface area (Å²) in [5.74, 6) is 0. The fraction of sp³-hybridized carbons (Fsp3) is 0.118. The van der Waals surface area contributed by atoms with Gasteiger partial charge in [-0.15, -0.1) is 0 Å². The Balaban J connectivity index is 2.56. The molecular weight excluding hydrogens is 502 g/mol. The largest absolute Gasteiger partial charge is 0.366 e. The first kappa shape index (κ1) is 25.7. The van der Waals surface area contributed by atoms with Crippen molar-refractivity contribution in [2.45, 2.75) is 9.79 Å². The molecule has 2 rings (SSSR count). The van der Waals surface area contributed by atoms with Gasteiger partial charge in [0.15, 0.2) is 5.11 Å². The fourth-order valence-electron chi connectivity index (χ4n) is 2.52. The van der Waals surface area contributed by atoms with Gasteiger partial charge in [0.05, 0.1) is 6.26 Å². The number of sulfonamides is 1. The summed E-state index contributed by atoms with van der Waals surface area (Å²) in [4.78, 5) is -1.10. The van der Waals surface area contributed by atoms with Crippen LogP contribution in [0.5, 0.6) is 0 Å². The van der Waals surface area contributed by atoms with E-state index in [4.69, 9.17) is 12.2 Å². The van der Waals surface area contributed by atoms with E-state index in [0.29, 0.717) is 0 Å². The number of hydrogen-bond acceptors (Lipinski definition) is 7. The molecule has 0 heterocycles. The molecule has 32 heavy (non-hydrogen) atoms. The van der Waals surface area contributed by atoms with Gasteiger partial charge < -0.3 is 10.6 Å². The van der Waals surface area contributed by atoms with Crippen LogP contribution in [0.15, 0.2) is 46.2 Å². The molecule has 0 bridgehead atoms. The van der Waals surface area contributed by atoms with E-state index in [1.54, 1.807) is 7.05 Å². The molecule has 174 valence electrons. The van der Waals surface area contributed by atoms with E-state index in [0.717, 1.165) is 18.4 Å². The van der Waals surface area contributed by atoms with Crippen LogP contribution >= 0.6 is 12.2 Å². The molecule has 0 aliphatic carbocycles. The summed E-state index contributed by atoms with van der Waals surface area (Å²) in [5, 5.41) is 5.56. The van der Waals surface area contributed by atoms with Crippen molar-refractivity contribution < 1.29 is 34.4 Å². The lowest BCUT2D eigenvalue weighted by atomic mass is 10.1. The minimum atomic E-state index is -4.76. The van der Waals surface area contributed by atoms with Gasteiger partial charge in [0.2, 0.25) is 10.0 Å². The number of anilines is 2. The second kappa shape index (κ2) is 9.51. The van der Waals surface area contributed by atoms with Crippen LogP contribution < -0.4 is 15.4 Å². The van der Waals surface area contributed by atoms with Crippen LogP contribution in [-0.4, -0.2) is 52.8 Å². The highest BCUT2D eigenvalue weighted by Gasteiger charge is 2.18. The molecule has 0 spiro atoms. The smallest absolute Gasteiger partial charge is 0.295 e. The van der Waals surface area contributed by atoms with Crippen LogP contribution in [0.3, 0.4) is 0 Å². The molecule has 0 saturated carbocycles. The van der Waals surface area contributed by atoms with E-state index in [9.17, 15) is 34.4 Å². The van der Waals surface area contributed by atoms with Crippen molar-refractivity contribution in [1.82, 2.24) is 5.32 Å². The normalized spacial score (nSPS) is 12.5. The highest BCUT2D eigenvalue weighted by molar-refractivity contribution is 7.92. The van der Waals surface area contributed by atoms with Gasteiger partial charge >= 0.3 is 0 Å². The van der Waals surface area contributed by atoms with E-state index < -0.39 is 40.1 Å². The lowest BCUT2D eigenvalue weighted by Crippen LogP contribution is -2.24. The van der Waals surface area contributed by atoms with E-state index in [-0.39, 0.29) is 27.6 Å². The summed E-state index contributed by atoms with van der Waals surface area (Å²) in [5.41, 5.74) is 0.107. The number of thiocarbonyl (C=S) groups is 1. The molecule has 5 N–H and O–H groups in total. The minimum absolute atomic E-state index is 0.00745. The van der Waals surface area contributed by atoms with Gasteiger partial charge in [-0.25, -0.2) is 8.42 Å². The first-order valence-corrected chi connectivity index (χ1v) is 13.7. The second-order valence-electron chi connectivity index (χ2n) is 6.37. The monoisotopic (exact) mass is 521 g/mol. The number of rotatable bonds is 7. The van der Waals surface area contributed by atoms with Crippen LogP contribution in [0.25, 0.3) is 12.2 Å². The molecule has 15 heteroatoms. The fourth-order valence-corrected chi connectivity index (χ4v) is 4.61. The zero-order chi connectivity index (χ0) is 24.3. The van der Waals surface area contributed by atoms with Gasteiger partial charge in [-0.2, -0.15) is 16.8 Å². The van der Waals surface area contributed by atoms with Crippen LogP contribution in [0.1, 0.15) is 11.1 Å². The Morgan fingerprint density at radius 1 is 0.844 bits per heavy atom. The van der Waals surface area contributed by atoms with Crippen LogP contribution in [0, 0.1) is 0 Å². The van der Waals surface area contributed by atoms with Gasteiger partial charge in [-0.1, -0.05) is 24.3 Å². The Morgan fingerprint density at radius 2 is 1.28 bits per heavy atom. The summed E-state index contributed by atoms with van der Waals surface area (Å²) in [6.07, 6.45) is 3.26. The summed E-state index contributed by atoms with van der Waals surface area (Å²) in [7, 11) is -11.6. The number of benzene rings is 2. The maximum Gasteiger partial charge on any atom is 0.295 e. The van der Waals surface area contributed by atoms with E-state index in [2.05, 4.69) is 15.4 Å². The van der Waals surface area contributed by atoms with Crippen molar-refractivity contribution in [3.05, 3.63) is 47.5 Å². The Bertz CT molecular complexity index is 1400. The maximum atomic E-state index is 11.8. The van der Waals surface area contributed by atoms with Crippen molar-refractivity contribution in [1.29, 1.82) is 0 Å². The summed E-state index contributed by atoms with van der Waals surface area (Å²) in [6.45, 7) is 0. The van der Waals surface area contributed by atoms with Crippen molar-refractivity contribution in [3.63, 3.8) is 0 Å². The Hall–Kier alpha value is -2.56. The Labute approximate surface area is 191 Å². The first-order chi connectivity index (χ1) is 14.6. The average Bonchev–Trinajstić information content (AvgIpc) is 2.64. The predicted octanol–water partition coefficient (Wildman–Crippen LogP) is 1.64. The lowest BCUT2D eigenvalue weighted by molar-refractivity contribution is 0.480. The predicted molar refractivity (Wildman–Crippen MR) is 125 cm³/mol. The van der Waals surface area contributed by atoms with Gasteiger partial charge in [-0.3, -0.25) is 13.8 Å². The summed E-state index contributed by atoms with van der Waals surface area (Å²) >= 11 is 4.94. The van der Waals surface area contributed by atoms with E-state index in [1.807, 2.05) is 0 Å². The highest BCUT2D eigenvalue weighted by Crippen LogP contribution is 2.26. The molecule has 0 atom stereocenters. The van der Waals surface area contributed by atoms with Gasteiger partial charge in [0.25, 0.3) is 20.2 Å². The van der Waals surface area contributed by atoms with Gasteiger partial charge in [0, 0.05) is 18.4 Å². The summed E-state index contributed by atoms with van der Waals surface area (Å²) < 4.78 is 91.1. The lowest BCUT2D eigenvalue weighted by Gasteiger charge is -2.11. The number of hydrogen-bond donors (Lipinski definition) is 5. The molecule has 0 fully saturated rings. The zero-order valence-corrected chi connectivity index (χ0v) is 19.9. The third kappa shape index (κ3) is 7.25. The van der Waals surface area contributed by atoms with Crippen LogP contribution in [0.4, 0.5) is 11.4 Å². The van der Waals surface area contributed by atoms with Crippen molar-refractivity contribution in [3.8, 4) is 0 Å². The standard InChI is InChI=1S/C17H19N3O8S4/c1-18-17(29)19-13-7-5-11(15(9-13)31(23,24)25)3-4-12-6-8-14(20-30(2,21)22)10-16(12)32(26,27)28/h3-10,20H,1-2H3,(H2,18,19,29)(H,23,24,25)(H,26,27,28). The number of nitrogens with one attached hydrogen (secondary N) is 3. The molecular formula is C17H19N3O8S4. The molecule has 0 radical (unpaired) electrons. The maximum absolute atomic E-state index is 11.8. The quantitative estimate of drug-likeness (QED) is 0.203. The Kier molecular flexibility index (Phi) is 7.64. The molecule has 2 aromatic rings. The highest BCUT2D eigenvalue weighted by atomic mass is 32.2. The zero-order valence-electron chi connectivity index (χ0n) is 16.6. The van der Waals surface area contributed by atoms with Gasteiger partial charge in [0.1, 0.15) is 9.79 Å². The molecule has 0 aliphatic rings. The molecule has 11 nitrogen and oxygen atoms in total. The van der Waals surface area contributed by atoms with Crippen molar-refractivity contribution in [2.24, 2.45) is 0 Å².